The van der Waals surface area contributed by atoms with E-state index in [1.54, 1.807) is 6.07 Å². The average Bonchev–Trinajstić information content (AvgIpc) is 2.89. The van der Waals surface area contributed by atoms with E-state index in [2.05, 4.69) is 10.5 Å². The predicted molar refractivity (Wildman–Crippen MR) is 68.4 cm³/mol. The van der Waals surface area contributed by atoms with Crippen molar-refractivity contribution in [3.8, 4) is 0 Å². The topological polar surface area (TPSA) is 58.0 Å². The molecule has 1 aromatic carbocycles. The molecule has 3 rings (SSSR count). The van der Waals surface area contributed by atoms with Crippen LogP contribution in [0, 0.1) is 11.6 Å². The minimum absolute atomic E-state index is 0.0796. The third-order valence-corrected chi connectivity index (χ3v) is 3.69. The second-order valence-electron chi connectivity index (χ2n) is 5.02. The number of hydrogen-bond donors (Lipinski definition) is 2. The highest BCUT2D eigenvalue weighted by molar-refractivity contribution is 5.23. The molecule has 1 saturated heterocycles. The Bertz CT molecular complexity index is 665. The zero-order valence-electron chi connectivity index (χ0n) is 10.7. The van der Waals surface area contributed by atoms with Crippen LogP contribution >= 0.6 is 0 Å². The second kappa shape index (κ2) is 5.20. The number of H-pyrrole nitrogens is 1. The zero-order valence-corrected chi connectivity index (χ0v) is 10.7. The molecule has 106 valence electrons. The number of benzene rings is 1. The molecule has 0 spiro atoms. The average molecular weight is 280 g/mol. The predicted octanol–water partition coefficient (Wildman–Crippen LogP) is 2.45. The first-order valence-electron chi connectivity index (χ1n) is 6.50. The maximum atomic E-state index is 13.3. The Morgan fingerprint density at radius 2 is 2.05 bits per heavy atom. The highest BCUT2D eigenvalue weighted by Crippen LogP contribution is 2.33. The Morgan fingerprint density at radius 3 is 2.75 bits per heavy atom. The maximum Gasteiger partial charge on any atom is 0.280 e. The van der Waals surface area contributed by atoms with E-state index in [0.717, 1.165) is 19.0 Å². The van der Waals surface area contributed by atoms with E-state index >= 15 is 0 Å². The molecule has 4 nitrogen and oxygen atoms in total. The smallest absolute Gasteiger partial charge is 0.280 e. The van der Waals surface area contributed by atoms with Crippen molar-refractivity contribution in [1.82, 2.24) is 10.5 Å². The number of hydrogen-bond acceptors (Lipinski definition) is 3. The Labute approximate surface area is 113 Å². The first kappa shape index (κ1) is 13.1. The first-order chi connectivity index (χ1) is 9.63. The lowest BCUT2D eigenvalue weighted by Gasteiger charge is -2.29. The van der Waals surface area contributed by atoms with Gasteiger partial charge in [0.05, 0.1) is 0 Å². The van der Waals surface area contributed by atoms with Crippen molar-refractivity contribution in [3.63, 3.8) is 0 Å². The van der Waals surface area contributed by atoms with Gasteiger partial charge in [0, 0.05) is 18.0 Å². The van der Waals surface area contributed by atoms with Gasteiger partial charge in [0.1, 0.15) is 5.76 Å². The minimum Gasteiger partial charge on any atom is -0.383 e. The van der Waals surface area contributed by atoms with Crippen molar-refractivity contribution in [2.75, 3.05) is 6.54 Å². The van der Waals surface area contributed by atoms with Crippen LogP contribution in [0.5, 0.6) is 0 Å². The maximum absolute atomic E-state index is 13.3. The third-order valence-electron chi connectivity index (χ3n) is 3.69. The molecule has 2 aromatic rings. The molecule has 20 heavy (non-hydrogen) atoms. The Hall–Kier alpha value is -1.95. The highest BCUT2D eigenvalue weighted by Gasteiger charge is 2.26. The van der Waals surface area contributed by atoms with Crippen molar-refractivity contribution in [2.24, 2.45) is 0 Å². The van der Waals surface area contributed by atoms with Gasteiger partial charge in [-0.1, -0.05) is 6.07 Å². The Morgan fingerprint density at radius 1 is 1.20 bits per heavy atom. The molecule has 1 aliphatic heterocycles. The molecule has 0 bridgehead atoms. The zero-order chi connectivity index (χ0) is 14.1. The van der Waals surface area contributed by atoms with Crippen LogP contribution in [0.1, 0.15) is 36.1 Å². The number of aromatic amines is 1. The molecule has 0 unspecified atom stereocenters. The number of rotatable bonds is 2. The van der Waals surface area contributed by atoms with Crippen LogP contribution in [0.3, 0.4) is 0 Å². The van der Waals surface area contributed by atoms with Gasteiger partial charge in [-0.05, 0) is 37.1 Å². The third kappa shape index (κ3) is 2.51. The summed E-state index contributed by atoms with van der Waals surface area (Å²) in [4.78, 5) is 11.1. The lowest BCUT2D eigenvalue weighted by atomic mass is 9.87. The van der Waals surface area contributed by atoms with E-state index in [4.69, 9.17) is 4.52 Å². The fourth-order valence-corrected chi connectivity index (χ4v) is 2.66. The minimum atomic E-state index is -0.849. The molecule has 2 N–H and O–H groups in total. The van der Waals surface area contributed by atoms with Crippen LogP contribution in [0.2, 0.25) is 0 Å². The van der Waals surface area contributed by atoms with E-state index in [-0.39, 0.29) is 17.5 Å². The molecular weight excluding hydrogens is 266 g/mol. The molecule has 0 amide bonds. The molecule has 0 radical (unpaired) electrons. The summed E-state index contributed by atoms with van der Waals surface area (Å²) in [5.74, 6) is -0.991. The summed E-state index contributed by atoms with van der Waals surface area (Å²) in [7, 11) is 0. The SMILES string of the molecule is O=c1cc([C@H]2CCN[C@@H](c3ccc(F)c(F)c3)C2)o[nH]1. The van der Waals surface area contributed by atoms with E-state index in [1.165, 1.54) is 12.1 Å². The van der Waals surface area contributed by atoms with Crippen LogP contribution in [0.25, 0.3) is 0 Å². The van der Waals surface area contributed by atoms with Gasteiger partial charge < -0.3 is 9.84 Å². The normalized spacial score (nSPS) is 22.9. The van der Waals surface area contributed by atoms with Gasteiger partial charge in [-0.3, -0.25) is 4.79 Å². The van der Waals surface area contributed by atoms with Gasteiger partial charge in [-0.2, -0.15) is 5.16 Å². The summed E-state index contributed by atoms with van der Waals surface area (Å²) in [5.41, 5.74) is 0.439. The van der Waals surface area contributed by atoms with E-state index in [1.807, 2.05) is 0 Å². The van der Waals surface area contributed by atoms with Gasteiger partial charge in [0.2, 0.25) is 0 Å². The van der Waals surface area contributed by atoms with Crippen molar-refractivity contribution < 1.29 is 13.3 Å². The van der Waals surface area contributed by atoms with Gasteiger partial charge in [0.15, 0.2) is 11.6 Å². The van der Waals surface area contributed by atoms with Gasteiger partial charge in [-0.15, -0.1) is 0 Å². The van der Waals surface area contributed by atoms with E-state index in [9.17, 15) is 13.6 Å². The van der Waals surface area contributed by atoms with Crippen molar-refractivity contribution in [2.45, 2.75) is 24.8 Å². The van der Waals surface area contributed by atoms with Gasteiger partial charge in [-0.25, -0.2) is 8.78 Å². The molecule has 6 heteroatoms. The van der Waals surface area contributed by atoms with Crippen molar-refractivity contribution in [3.05, 3.63) is 57.6 Å². The lowest BCUT2D eigenvalue weighted by Crippen LogP contribution is -2.31. The summed E-state index contributed by atoms with van der Waals surface area (Å²) in [6, 6.07) is 5.28. The van der Waals surface area contributed by atoms with Crippen LogP contribution < -0.4 is 10.9 Å². The van der Waals surface area contributed by atoms with Crippen LogP contribution in [0.4, 0.5) is 8.78 Å². The summed E-state index contributed by atoms with van der Waals surface area (Å²) in [6.07, 6.45) is 1.51. The molecular formula is C14H14F2N2O2. The van der Waals surface area contributed by atoms with Gasteiger partial charge in [0.25, 0.3) is 5.56 Å². The number of piperidine rings is 1. The highest BCUT2D eigenvalue weighted by atomic mass is 19.2. The summed E-state index contributed by atoms with van der Waals surface area (Å²) < 4.78 is 31.4. The fourth-order valence-electron chi connectivity index (χ4n) is 2.66. The molecule has 0 saturated carbocycles. The van der Waals surface area contributed by atoms with E-state index < -0.39 is 11.6 Å². The van der Waals surface area contributed by atoms with Crippen LogP contribution in [-0.2, 0) is 0 Å². The molecule has 1 aliphatic rings. The molecule has 1 aromatic heterocycles. The van der Waals surface area contributed by atoms with Crippen molar-refractivity contribution in [1.29, 1.82) is 0 Å². The molecule has 2 atom stereocenters. The largest absolute Gasteiger partial charge is 0.383 e. The monoisotopic (exact) mass is 280 g/mol. The van der Waals surface area contributed by atoms with Crippen LogP contribution in [0.15, 0.2) is 33.6 Å². The molecule has 2 heterocycles. The lowest BCUT2D eigenvalue weighted by molar-refractivity contribution is 0.295. The Balaban J connectivity index is 1.81. The van der Waals surface area contributed by atoms with Crippen molar-refractivity contribution >= 4 is 0 Å². The van der Waals surface area contributed by atoms with Gasteiger partial charge >= 0.3 is 0 Å². The number of aromatic nitrogens is 1. The Kier molecular flexibility index (Phi) is 3.40. The molecule has 0 aliphatic carbocycles. The van der Waals surface area contributed by atoms with E-state index in [0.29, 0.717) is 17.7 Å². The number of halogens is 2. The molecule has 1 fully saturated rings. The second-order valence-corrected chi connectivity index (χ2v) is 5.02. The van der Waals surface area contributed by atoms with Crippen LogP contribution in [-0.4, -0.2) is 11.7 Å². The quantitative estimate of drug-likeness (QED) is 0.888. The summed E-state index contributed by atoms with van der Waals surface area (Å²) >= 11 is 0. The fraction of sp³-hybridized carbons (Fsp3) is 0.357. The first-order valence-corrected chi connectivity index (χ1v) is 6.50. The summed E-state index contributed by atoms with van der Waals surface area (Å²) in [5, 5.41) is 5.55. The standard InChI is InChI=1S/C14H14F2N2O2/c15-10-2-1-8(5-11(10)16)12-6-9(3-4-17-12)13-7-14(19)18-20-13/h1-2,5,7,9,12,17H,3-4,6H2,(H,18,19)/t9-,12+/m0/s1. The summed E-state index contributed by atoms with van der Waals surface area (Å²) in [6.45, 7) is 0.725. The number of nitrogens with one attached hydrogen (secondary N) is 2.